The zero-order valence-corrected chi connectivity index (χ0v) is 19.2. The van der Waals surface area contributed by atoms with Gasteiger partial charge in [-0.25, -0.2) is 13.8 Å². The summed E-state index contributed by atoms with van der Waals surface area (Å²) < 4.78 is 32.9. The summed E-state index contributed by atoms with van der Waals surface area (Å²) in [4.78, 5) is 9.08. The highest BCUT2D eigenvalue weighted by molar-refractivity contribution is 5.85. The van der Waals surface area contributed by atoms with Crippen LogP contribution in [0.5, 0.6) is 0 Å². The Balaban J connectivity index is 0.00000181. The van der Waals surface area contributed by atoms with E-state index in [1.165, 1.54) is 24.3 Å². The molecule has 1 aliphatic rings. The van der Waals surface area contributed by atoms with Gasteiger partial charge in [-0.15, -0.1) is 24.8 Å². The average molecular weight is 482 g/mol. The zero-order valence-electron chi connectivity index (χ0n) is 17.6. The molecule has 3 aromatic rings. The van der Waals surface area contributed by atoms with Crippen molar-refractivity contribution in [2.24, 2.45) is 0 Å². The van der Waals surface area contributed by atoms with Crippen LogP contribution in [0.2, 0.25) is 0 Å². The lowest BCUT2D eigenvalue weighted by atomic mass is 10.0. The van der Waals surface area contributed by atoms with E-state index < -0.39 is 0 Å². The Morgan fingerprint density at radius 2 is 1.34 bits per heavy atom. The molecular formula is C24H27Cl2F2N3O. The first-order chi connectivity index (χ1) is 14.7. The molecule has 1 aliphatic heterocycles. The molecule has 0 radical (unpaired) electrons. The first-order valence-corrected chi connectivity index (χ1v) is 10.2. The van der Waals surface area contributed by atoms with Crippen molar-refractivity contribution in [3.63, 3.8) is 0 Å². The maximum absolute atomic E-state index is 13.3. The number of anilines is 1. The molecule has 0 spiro atoms. The van der Waals surface area contributed by atoms with Gasteiger partial charge in [0, 0.05) is 38.9 Å². The molecule has 0 N–H and O–H groups in total. The van der Waals surface area contributed by atoms with Crippen LogP contribution in [0, 0.1) is 11.6 Å². The van der Waals surface area contributed by atoms with E-state index in [1.54, 1.807) is 24.3 Å². The van der Waals surface area contributed by atoms with Gasteiger partial charge in [0.15, 0.2) is 0 Å². The van der Waals surface area contributed by atoms with Crippen LogP contribution in [0.25, 0.3) is 0 Å². The number of nitrogens with zero attached hydrogens (tertiary/aromatic N) is 3. The molecule has 0 aliphatic carbocycles. The van der Waals surface area contributed by atoms with Crippen molar-refractivity contribution in [1.82, 2.24) is 9.88 Å². The molecule has 2 aromatic carbocycles. The van der Waals surface area contributed by atoms with Crippen molar-refractivity contribution < 1.29 is 13.5 Å². The third-order valence-corrected chi connectivity index (χ3v) is 5.38. The number of hydrogen-bond donors (Lipinski definition) is 0. The standard InChI is InChI=1S/C24H25F2N3O.2ClH/c25-21-8-4-19(5-9-21)24(20-6-10-22(26)11-7-20)30-18-17-28-13-15-29(16-14-28)23-3-1-2-12-27-23;;/h1-12,24H,13-18H2;2*1H. The van der Waals surface area contributed by atoms with Gasteiger partial charge in [0.05, 0.1) is 6.61 Å². The molecule has 4 nitrogen and oxygen atoms in total. The maximum Gasteiger partial charge on any atom is 0.128 e. The predicted octanol–water partition coefficient (Wildman–Crippen LogP) is 5.13. The molecule has 1 aromatic heterocycles. The van der Waals surface area contributed by atoms with Crippen molar-refractivity contribution in [3.05, 3.63) is 95.7 Å². The summed E-state index contributed by atoms with van der Waals surface area (Å²) in [7, 11) is 0. The molecule has 0 atom stereocenters. The molecule has 172 valence electrons. The molecule has 0 unspecified atom stereocenters. The maximum atomic E-state index is 13.3. The zero-order chi connectivity index (χ0) is 20.8. The highest BCUT2D eigenvalue weighted by Gasteiger charge is 2.19. The van der Waals surface area contributed by atoms with Crippen molar-refractivity contribution in [3.8, 4) is 0 Å². The van der Waals surface area contributed by atoms with E-state index in [0.29, 0.717) is 6.61 Å². The van der Waals surface area contributed by atoms with Crippen molar-refractivity contribution in [2.75, 3.05) is 44.2 Å². The van der Waals surface area contributed by atoms with Crippen LogP contribution in [0.4, 0.5) is 14.6 Å². The van der Waals surface area contributed by atoms with Crippen molar-refractivity contribution in [2.45, 2.75) is 6.10 Å². The van der Waals surface area contributed by atoms with E-state index in [1.807, 2.05) is 24.4 Å². The Morgan fingerprint density at radius 1 is 0.781 bits per heavy atom. The monoisotopic (exact) mass is 481 g/mol. The summed E-state index contributed by atoms with van der Waals surface area (Å²) >= 11 is 0. The summed E-state index contributed by atoms with van der Waals surface area (Å²) in [6, 6.07) is 18.5. The van der Waals surface area contributed by atoms with Gasteiger partial charge in [-0.05, 0) is 47.5 Å². The lowest BCUT2D eigenvalue weighted by molar-refractivity contribution is 0.0585. The molecular weight excluding hydrogens is 455 g/mol. The van der Waals surface area contributed by atoms with Crippen LogP contribution < -0.4 is 4.90 Å². The van der Waals surface area contributed by atoms with Gasteiger partial charge in [-0.2, -0.15) is 0 Å². The Hall–Kier alpha value is -2.25. The van der Waals surface area contributed by atoms with Gasteiger partial charge < -0.3 is 9.64 Å². The lowest BCUT2D eigenvalue weighted by Crippen LogP contribution is -2.47. The molecule has 0 saturated carbocycles. The molecule has 2 heterocycles. The fourth-order valence-electron chi connectivity index (χ4n) is 3.70. The number of pyridine rings is 1. The fraction of sp³-hybridized carbons (Fsp3) is 0.292. The number of benzene rings is 2. The van der Waals surface area contributed by atoms with E-state index >= 15 is 0 Å². The summed E-state index contributed by atoms with van der Waals surface area (Å²) in [6.45, 7) is 5.07. The SMILES string of the molecule is Cl.Cl.Fc1ccc(C(OCCN2CCN(c3ccccn3)CC2)c2ccc(F)cc2)cc1. The first kappa shape index (κ1) is 26.0. The summed E-state index contributed by atoms with van der Waals surface area (Å²) in [5.74, 6) is 0.436. The van der Waals surface area contributed by atoms with E-state index in [4.69, 9.17) is 4.74 Å². The van der Waals surface area contributed by atoms with Crippen LogP contribution in [0.3, 0.4) is 0 Å². The van der Waals surface area contributed by atoms with Gasteiger partial charge in [0.2, 0.25) is 0 Å². The first-order valence-electron chi connectivity index (χ1n) is 10.2. The minimum Gasteiger partial charge on any atom is -0.367 e. The van der Waals surface area contributed by atoms with E-state index in [0.717, 1.165) is 49.7 Å². The van der Waals surface area contributed by atoms with Crippen LogP contribution in [-0.4, -0.2) is 49.2 Å². The Bertz CT molecular complexity index is 877. The number of aromatic nitrogens is 1. The van der Waals surface area contributed by atoms with Gasteiger partial charge in [-0.3, -0.25) is 4.90 Å². The lowest BCUT2D eigenvalue weighted by Gasteiger charge is -2.35. The van der Waals surface area contributed by atoms with Crippen LogP contribution in [-0.2, 0) is 4.74 Å². The molecule has 4 rings (SSSR count). The Kier molecular flexibility index (Phi) is 10.3. The quantitative estimate of drug-likeness (QED) is 0.467. The third-order valence-electron chi connectivity index (χ3n) is 5.38. The second-order valence-corrected chi connectivity index (χ2v) is 7.37. The molecule has 32 heavy (non-hydrogen) atoms. The summed E-state index contributed by atoms with van der Waals surface area (Å²) in [5.41, 5.74) is 1.70. The van der Waals surface area contributed by atoms with Crippen molar-refractivity contribution >= 4 is 30.6 Å². The number of halogens is 4. The number of piperazine rings is 1. The summed E-state index contributed by atoms with van der Waals surface area (Å²) in [6.07, 6.45) is 1.46. The van der Waals surface area contributed by atoms with E-state index in [9.17, 15) is 8.78 Å². The van der Waals surface area contributed by atoms with Crippen LogP contribution in [0.1, 0.15) is 17.2 Å². The largest absolute Gasteiger partial charge is 0.367 e. The minimum atomic E-state index is -0.360. The summed E-state index contributed by atoms with van der Waals surface area (Å²) in [5, 5.41) is 0. The predicted molar refractivity (Wildman–Crippen MR) is 128 cm³/mol. The van der Waals surface area contributed by atoms with E-state index in [-0.39, 0.29) is 42.6 Å². The topological polar surface area (TPSA) is 28.6 Å². The van der Waals surface area contributed by atoms with Gasteiger partial charge in [0.25, 0.3) is 0 Å². The average Bonchev–Trinajstić information content (AvgIpc) is 2.79. The fourth-order valence-corrected chi connectivity index (χ4v) is 3.70. The molecule has 8 heteroatoms. The molecule has 0 bridgehead atoms. The normalized spacial score (nSPS) is 14.0. The van der Waals surface area contributed by atoms with E-state index in [2.05, 4.69) is 14.8 Å². The highest BCUT2D eigenvalue weighted by Crippen LogP contribution is 2.26. The second-order valence-electron chi connectivity index (χ2n) is 7.37. The minimum absolute atomic E-state index is 0. The van der Waals surface area contributed by atoms with Gasteiger partial charge in [-0.1, -0.05) is 30.3 Å². The number of hydrogen-bond acceptors (Lipinski definition) is 4. The Morgan fingerprint density at radius 3 is 1.84 bits per heavy atom. The van der Waals surface area contributed by atoms with Crippen molar-refractivity contribution in [1.29, 1.82) is 0 Å². The van der Waals surface area contributed by atoms with Crippen LogP contribution >= 0.6 is 24.8 Å². The number of ether oxygens (including phenoxy) is 1. The smallest absolute Gasteiger partial charge is 0.128 e. The molecule has 0 amide bonds. The molecule has 1 fully saturated rings. The third kappa shape index (κ3) is 6.87. The van der Waals surface area contributed by atoms with Gasteiger partial charge >= 0.3 is 0 Å². The van der Waals surface area contributed by atoms with Gasteiger partial charge in [0.1, 0.15) is 23.6 Å². The highest BCUT2D eigenvalue weighted by atomic mass is 35.5. The molecule has 1 saturated heterocycles. The number of rotatable bonds is 7. The van der Waals surface area contributed by atoms with Crippen LogP contribution in [0.15, 0.2) is 72.9 Å². The second kappa shape index (κ2) is 12.7. The Labute approximate surface area is 200 Å².